The Morgan fingerprint density at radius 2 is 1.50 bits per heavy atom. The highest BCUT2D eigenvalue weighted by atomic mass is 127. The van der Waals surface area contributed by atoms with Gasteiger partial charge >= 0.3 is 0 Å². The van der Waals surface area contributed by atoms with Crippen LogP contribution in [0.1, 0.15) is 19.3 Å². The Kier molecular flexibility index (Phi) is 5.99. The number of hydrogen-bond acceptors (Lipinski definition) is 1. The minimum absolute atomic E-state index is 1.24. The Hall–Kier alpha value is -0.250. The van der Waals surface area contributed by atoms with Gasteiger partial charge in [0.05, 0.1) is 0 Å². The van der Waals surface area contributed by atoms with Gasteiger partial charge in [0.1, 0.15) is 0 Å². The van der Waals surface area contributed by atoms with Crippen molar-refractivity contribution in [3.63, 3.8) is 0 Å². The van der Waals surface area contributed by atoms with Gasteiger partial charge in [-0.2, -0.15) is 0 Å². The second kappa shape index (κ2) is 7.10. The van der Waals surface area contributed by atoms with Gasteiger partial charge in [-0.25, -0.2) is 0 Å². The monoisotopic (exact) mass is 303 g/mol. The zero-order valence-electron chi connectivity index (χ0n) is 8.75. The first-order valence-corrected chi connectivity index (χ1v) is 7.30. The third-order valence-electron chi connectivity index (χ3n) is 2.48. The van der Waals surface area contributed by atoms with Gasteiger partial charge in [0.15, 0.2) is 0 Å². The lowest BCUT2D eigenvalue weighted by atomic mass is 10.1. The van der Waals surface area contributed by atoms with E-state index in [-0.39, 0.29) is 0 Å². The molecule has 0 saturated carbocycles. The van der Waals surface area contributed by atoms with Crippen LogP contribution in [0.3, 0.4) is 0 Å². The van der Waals surface area contributed by atoms with Gasteiger partial charge in [0.25, 0.3) is 0 Å². The van der Waals surface area contributed by atoms with Gasteiger partial charge in [-0.1, -0.05) is 40.8 Å². The molecule has 1 aromatic rings. The fourth-order valence-electron chi connectivity index (χ4n) is 1.79. The molecular weight excluding hydrogens is 285 g/mol. The SMILES string of the molecule is CI.c1ccc(N2CCCCC2)cc1. The van der Waals surface area contributed by atoms with Crippen LogP contribution in [0.4, 0.5) is 5.69 Å². The van der Waals surface area contributed by atoms with Crippen molar-refractivity contribution in [1.29, 1.82) is 0 Å². The van der Waals surface area contributed by atoms with Crippen molar-refractivity contribution in [2.75, 3.05) is 22.9 Å². The fourth-order valence-corrected chi connectivity index (χ4v) is 1.79. The molecule has 0 amide bonds. The number of benzene rings is 1. The third-order valence-corrected chi connectivity index (χ3v) is 2.48. The topological polar surface area (TPSA) is 3.24 Å². The predicted octanol–water partition coefficient (Wildman–Crippen LogP) is 3.73. The number of piperidine rings is 1. The van der Waals surface area contributed by atoms with Crippen molar-refractivity contribution in [2.45, 2.75) is 19.3 Å². The summed E-state index contributed by atoms with van der Waals surface area (Å²) < 4.78 is 0. The van der Waals surface area contributed by atoms with Crippen LogP contribution >= 0.6 is 22.6 Å². The highest BCUT2D eigenvalue weighted by Gasteiger charge is 2.09. The Bertz CT molecular complexity index is 229. The average molecular weight is 303 g/mol. The Morgan fingerprint density at radius 3 is 2.07 bits per heavy atom. The standard InChI is InChI=1S/C11H15N.CH3I/c1-3-7-11(8-4-1)12-9-5-2-6-10-12;1-2/h1,3-4,7-8H,2,5-6,9-10H2;1H3. The molecule has 1 aliphatic rings. The summed E-state index contributed by atoms with van der Waals surface area (Å²) in [4.78, 5) is 4.45. The molecule has 0 atom stereocenters. The highest BCUT2D eigenvalue weighted by Crippen LogP contribution is 2.18. The number of para-hydroxylation sites is 1. The first kappa shape index (κ1) is 11.8. The number of alkyl halides is 1. The summed E-state index contributed by atoms with van der Waals surface area (Å²) in [7, 11) is 0. The molecule has 1 nitrogen and oxygen atoms in total. The summed E-state index contributed by atoms with van der Waals surface area (Å²) >= 11 is 2.15. The number of rotatable bonds is 1. The van der Waals surface area contributed by atoms with E-state index >= 15 is 0 Å². The molecular formula is C12H18IN. The van der Waals surface area contributed by atoms with Crippen molar-refractivity contribution < 1.29 is 0 Å². The van der Waals surface area contributed by atoms with Gasteiger partial charge in [0.2, 0.25) is 0 Å². The van der Waals surface area contributed by atoms with Crippen molar-refractivity contribution in [3.8, 4) is 0 Å². The molecule has 2 heteroatoms. The van der Waals surface area contributed by atoms with Gasteiger partial charge < -0.3 is 4.90 Å². The molecule has 2 rings (SSSR count). The molecule has 1 fully saturated rings. The van der Waals surface area contributed by atoms with E-state index in [2.05, 4.69) is 57.8 Å². The van der Waals surface area contributed by atoms with E-state index in [1.165, 1.54) is 38.0 Å². The maximum Gasteiger partial charge on any atom is 0.0366 e. The van der Waals surface area contributed by atoms with Crippen LogP contribution < -0.4 is 4.90 Å². The Balaban J connectivity index is 0.000000461. The lowest BCUT2D eigenvalue weighted by molar-refractivity contribution is 0.578. The molecule has 1 aliphatic heterocycles. The summed E-state index contributed by atoms with van der Waals surface area (Å²) in [6.45, 7) is 2.48. The number of halogens is 1. The van der Waals surface area contributed by atoms with Crippen LogP contribution in [-0.2, 0) is 0 Å². The molecule has 1 heterocycles. The van der Waals surface area contributed by atoms with Crippen molar-refractivity contribution in [2.24, 2.45) is 0 Å². The maximum atomic E-state index is 2.48. The molecule has 0 aliphatic carbocycles. The summed E-state index contributed by atoms with van der Waals surface area (Å²) in [5, 5.41) is 0. The summed E-state index contributed by atoms with van der Waals surface area (Å²) in [5.41, 5.74) is 1.39. The van der Waals surface area contributed by atoms with Crippen LogP contribution in [0.25, 0.3) is 0 Å². The lowest BCUT2D eigenvalue weighted by Crippen LogP contribution is -2.29. The van der Waals surface area contributed by atoms with E-state index in [1.54, 1.807) is 0 Å². The quantitative estimate of drug-likeness (QED) is 0.564. The molecule has 14 heavy (non-hydrogen) atoms. The molecule has 0 radical (unpaired) electrons. The van der Waals surface area contributed by atoms with E-state index in [1.807, 2.05) is 4.93 Å². The summed E-state index contributed by atoms with van der Waals surface area (Å²) in [6.07, 6.45) is 4.12. The molecule has 1 saturated heterocycles. The van der Waals surface area contributed by atoms with Crippen LogP contribution in [-0.4, -0.2) is 18.0 Å². The third kappa shape index (κ3) is 3.48. The highest BCUT2D eigenvalue weighted by molar-refractivity contribution is 14.1. The zero-order chi connectivity index (χ0) is 10.2. The number of nitrogens with zero attached hydrogens (tertiary/aromatic N) is 1. The fraction of sp³-hybridized carbons (Fsp3) is 0.500. The Labute approximate surface area is 101 Å². The smallest absolute Gasteiger partial charge is 0.0366 e. The first-order chi connectivity index (χ1) is 6.97. The molecule has 0 unspecified atom stereocenters. The van der Waals surface area contributed by atoms with E-state index in [9.17, 15) is 0 Å². The molecule has 1 aromatic carbocycles. The van der Waals surface area contributed by atoms with Crippen LogP contribution in [0.15, 0.2) is 30.3 Å². The number of anilines is 1. The van der Waals surface area contributed by atoms with E-state index < -0.39 is 0 Å². The second-order valence-electron chi connectivity index (χ2n) is 3.38. The van der Waals surface area contributed by atoms with Crippen molar-refractivity contribution in [1.82, 2.24) is 0 Å². The van der Waals surface area contributed by atoms with Crippen molar-refractivity contribution >= 4 is 28.3 Å². The molecule has 78 valence electrons. The summed E-state index contributed by atoms with van der Waals surface area (Å²) in [5.74, 6) is 0. The van der Waals surface area contributed by atoms with Gasteiger partial charge in [0, 0.05) is 18.8 Å². The zero-order valence-corrected chi connectivity index (χ0v) is 10.9. The van der Waals surface area contributed by atoms with E-state index in [0.717, 1.165) is 0 Å². The minimum atomic E-state index is 1.24. The Morgan fingerprint density at radius 1 is 0.929 bits per heavy atom. The van der Waals surface area contributed by atoms with Gasteiger partial charge in [-0.05, 0) is 36.3 Å². The molecule has 0 bridgehead atoms. The van der Waals surface area contributed by atoms with E-state index in [0.29, 0.717) is 0 Å². The minimum Gasteiger partial charge on any atom is -0.372 e. The average Bonchev–Trinajstić information content (AvgIpc) is 2.34. The van der Waals surface area contributed by atoms with Crippen LogP contribution in [0, 0.1) is 0 Å². The molecule has 0 spiro atoms. The lowest BCUT2D eigenvalue weighted by Gasteiger charge is -2.28. The van der Waals surface area contributed by atoms with Crippen LogP contribution in [0.5, 0.6) is 0 Å². The number of hydrogen-bond donors (Lipinski definition) is 0. The maximum absolute atomic E-state index is 2.48. The normalized spacial score (nSPS) is 15.7. The summed E-state index contributed by atoms with van der Waals surface area (Å²) in [6, 6.07) is 10.7. The van der Waals surface area contributed by atoms with Crippen molar-refractivity contribution in [3.05, 3.63) is 30.3 Å². The largest absolute Gasteiger partial charge is 0.372 e. The van der Waals surface area contributed by atoms with Crippen LogP contribution in [0.2, 0.25) is 0 Å². The second-order valence-corrected chi connectivity index (χ2v) is 3.38. The van der Waals surface area contributed by atoms with Gasteiger partial charge in [-0.3, -0.25) is 0 Å². The van der Waals surface area contributed by atoms with E-state index in [4.69, 9.17) is 0 Å². The molecule has 0 N–H and O–H groups in total. The first-order valence-electron chi connectivity index (χ1n) is 5.14. The molecule has 0 aromatic heterocycles. The van der Waals surface area contributed by atoms with Gasteiger partial charge in [-0.15, -0.1) is 0 Å². The predicted molar refractivity (Wildman–Crippen MR) is 72.5 cm³/mol.